The summed E-state index contributed by atoms with van der Waals surface area (Å²) in [6.07, 6.45) is 0. The van der Waals surface area contributed by atoms with Crippen LogP contribution in [0.5, 0.6) is 0 Å². The van der Waals surface area contributed by atoms with Crippen molar-refractivity contribution in [1.82, 2.24) is 5.32 Å². The zero-order valence-electron chi connectivity index (χ0n) is 11.5. The van der Waals surface area contributed by atoms with Gasteiger partial charge in [-0.25, -0.2) is 0 Å². The van der Waals surface area contributed by atoms with Crippen molar-refractivity contribution >= 4 is 27.7 Å². The van der Waals surface area contributed by atoms with E-state index in [1.165, 1.54) is 26.5 Å². The highest BCUT2D eigenvalue weighted by Crippen LogP contribution is 2.31. The number of rotatable bonds is 4. The van der Waals surface area contributed by atoms with Crippen LogP contribution in [0, 0.1) is 13.8 Å². The zero-order valence-corrected chi connectivity index (χ0v) is 13.9. The van der Waals surface area contributed by atoms with E-state index in [2.05, 4.69) is 71.5 Å². The van der Waals surface area contributed by atoms with Crippen LogP contribution in [0.4, 0.5) is 0 Å². The molecule has 100 valence electrons. The van der Waals surface area contributed by atoms with E-state index < -0.39 is 0 Å². The predicted molar refractivity (Wildman–Crippen MR) is 86.9 cm³/mol. The predicted octanol–water partition coefficient (Wildman–Crippen LogP) is 4.94. The zero-order chi connectivity index (χ0) is 13.8. The topological polar surface area (TPSA) is 12.0 Å². The first-order chi connectivity index (χ1) is 9.10. The summed E-state index contributed by atoms with van der Waals surface area (Å²) in [5.74, 6) is 0. The molecule has 19 heavy (non-hydrogen) atoms. The van der Waals surface area contributed by atoms with Crippen LogP contribution in [-0.4, -0.2) is 7.05 Å². The Balaban J connectivity index is 2.19. The second-order valence-corrected chi connectivity index (χ2v) is 6.63. The maximum absolute atomic E-state index is 3.63. The van der Waals surface area contributed by atoms with Gasteiger partial charge in [0, 0.05) is 20.8 Å². The van der Waals surface area contributed by atoms with Crippen LogP contribution in [0.25, 0.3) is 0 Å². The van der Waals surface area contributed by atoms with E-state index in [0.29, 0.717) is 0 Å². The highest BCUT2D eigenvalue weighted by Gasteiger charge is 2.03. The molecule has 0 heterocycles. The molecule has 1 N–H and O–H groups in total. The van der Waals surface area contributed by atoms with Crippen molar-refractivity contribution in [3.8, 4) is 0 Å². The summed E-state index contributed by atoms with van der Waals surface area (Å²) in [4.78, 5) is 2.55. The normalized spacial score (nSPS) is 10.7. The second kappa shape index (κ2) is 6.60. The van der Waals surface area contributed by atoms with E-state index in [1.807, 2.05) is 7.05 Å². The molecule has 3 heteroatoms. The average molecular weight is 336 g/mol. The molecule has 0 amide bonds. The van der Waals surface area contributed by atoms with Crippen molar-refractivity contribution < 1.29 is 0 Å². The Labute approximate surface area is 127 Å². The number of aryl methyl sites for hydroxylation is 2. The van der Waals surface area contributed by atoms with E-state index in [4.69, 9.17) is 0 Å². The summed E-state index contributed by atoms with van der Waals surface area (Å²) in [5.41, 5.74) is 3.97. The minimum absolute atomic E-state index is 0.884. The molecule has 0 aliphatic carbocycles. The molecule has 0 fully saturated rings. The molecule has 1 nitrogen and oxygen atoms in total. The minimum Gasteiger partial charge on any atom is -0.316 e. The number of hydrogen-bond acceptors (Lipinski definition) is 2. The fraction of sp³-hybridized carbons (Fsp3) is 0.250. The molecular weight excluding hydrogens is 318 g/mol. The lowest BCUT2D eigenvalue weighted by molar-refractivity contribution is 0.813. The Morgan fingerprint density at radius 1 is 1.00 bits per heavy atom. The summed E-state index contributed by atoms with van der Waals surface area (Å²) >= 11 is 5.44. The van der Waals surface area contributed by atoms with Crippen LogP contribution in [-0.2, 0) is 6.54 Å². The van der Waals surface area contributed by atoms with Gasteiger partial charge in [-0.15, -0.1) is 0 Å². The summed E-state index contributed by atoms with van der Waals surface area (Å²) in [6, 6.07) is 13.1. The van der Waals surface area contributed by atoms with Crippen LogP contribution < -0.4 is 5.32 Å². The lowest BCUT2D eigenvalue weighted by Crippen LogP contribution is -2.05. The number of benzene rings is 2. The van der Waals surface area contributed by atoms with Gasteiger partial charge in [0.25, 0.3) is 0 Å². The van der Waals surface area contributed by atoms with Gasteiger partial charge in [-0.2, -0.15) is 0 Å². The summed E-state index contributed by atoms with van der Waals surface area (Å²) in [7, 11) is 1.96. The SMILES string of the molecule is CNCc1ccc(Sc2ccc(C)c(C)c2)cc1Br. The van der Waals surface area contributed by atoms with E-state index in [9.17, 15) is 0 Å². The van der Waals surface area contributed by atoms with Crippen molar-refractivity contribution in [2.24, 2.45) is 0 Å². The first-order valence-electron chi connectivity index (χ1n) is 6.28. The van der Waals surface area contributed by atoms with Gasteiger partial charge >= 0.3 is 0 Å². The first-order valence-corrected chi connectivity index (χ1v) is 7.89. The van der Waals surface area contributed by atoms with Crippen molar-refractivity contribution in [1.29, 1.82) is 0 Å². The number of halogens is 1. The average Bonchev–Trinajstić information content (AvgIpc) is 2.37. The lowest BCUT2D eigenvalue weighted by Gasteiger charge is -2.08. The van der Waals surface area contributed by atoms with Gasteiger partial charge in [0.1, 0.15) is 0 Å². The quantitative estimate of drug-likeness (QED) is 0.849. The number of hydrogen-bond donors (Lipinski definition) is 1. The Bertz CT molecular complexity index is 581. The summed E-state index contributed by atoms with van der Waals surface area (Å²) < 4.78 is 1.16. The van der Waals surface area contributed by atoms with Crippen molar-refractivity contribution in [2.75, 3.05) is 7.05 Å². The van der Waals surface area contributed by atoms with Crippen LogP contribution >= 0.6 is 27.7 Å². The molecule has 2 aromatic rings. The van der Waals surface area contributed by atoms with Crippen molar-refractivity contribution in [3.05, 3.63) is 57.6 Å². The molecule has 0 spiro atoms. The molecule has 0 unspecified atom stereocenters. The maximum atomic E-state index is 3.63. The molecule has 0 radical (unpaired) electrons. The second-order valence-electron chi connectivity index (χ2n) is 4.63. The van der Waals surface area contributed by atoms with Gasteiger partial charge in [0.15, 0.2) is 0 Å². The maximum Gasteiger partial charge on any atom is 0.0231 e. The van der Waals surface area contributed by atoms with Crippen molar-refractivity contribution in [3.63, 3.8) is 0 Å². The minimum atomic E-state index is 0.884. The third kappa shape index (κ3) is 3.85. The molecular formula is C16H18BrNS. The fourth-order valence-electron chi connectivity index (χ4n) is 1.84. The standard InChI is InChI=1S/C16H18BrNS/c1-11-4-6-14(8-12(11)2)19-15-7-5-13(10-18-3)16(17)9-15/h4-9,18H,10H2,1-3H3. The molecule has 0 bridgehead atoms. The highest BCUT2D eigenvalue weighted by molar-refractivity contribution is 9.10. The molecule has 0 aliphatic heterocycles. The van der Waals surface area contributed by atoms with Gasteiger partial charge in [-0.1, -0.05) is 39.8 Å². The van der Waals surface area contributed by atoms with E-state index in [1.54, 1.807) is 11.8 Å². The monoisotopic (exact) mass is 335 g/mol. The molecule has 0 aromatic heterocycles. The fourth-order valence-corrected chi connectivity index (χ4v) is 3.47. The van der Waals surface area contributed by atoms with Crippen LogP contribution in [0.2, 0.25) is 0 Å². The third-order valence-electron chi connectivity index (χ3n) is 3.11. The molecule has 2 aromatic carbocycles. The highest BCUT2D eigenvalue weighted by atomic mass is 79.9. The molecule has 0 saturated carbocycles. The molecule has 2 rings (SSSR count). The summed E-state index contributed by atoms with van der Waals surface area (Å²) in [5, 5.41) is 3.17. The van der Waals surface area contributed by atoms with E-state index >= 15 is 0 Å². The molecule has 0 atom stereocenters. The van der Waals surface area contributed by atoms with Gasteiger partial charge in [0.2, 0.25) is 0 Å². The van der Waals surface area contributed by atoms with E-state index in [0.717, 1.165) is 11.0 Å². The Hall–Kier alpha value is -0.770. The third-order valence-corrected chi connectivity index (χ3v) is 4.82. The number of nitrogens with one attached hydrogen (secondary N) is 1. The molecule has 0 aliphatic rings. The van der Waals surface area contributed by atoms with Gasteiger partial charge < -0.3 is 5.32 Å². The Kier molecular flexibility index (Phi) is 5.08. The largest absolute Gasteiger partial charge is 0.316 e. The van der Waals surface area contributed by atoms with Gasteiger partial charge in [-0.05, 0) is 61.9 Å². The van der Waals surface area contributed by atoms with Gasteiger partial charge in [0.05, 0.1) is 0 Å². The lowest BCUT2D eigenvalue weighted by atomic mass is 10.1. The van der Waals surface area contributed by atoms with Crippen LogP contribution in [0.1, 0.15) is 16.7 Å². The van der Waals surface area contributed by atoms with Crippen LogP contribution in [0.15, 0.2) is 50.7 Å². The Morgan fingerprint density at radius 3 is 2.32 bits per heavy atom. The smallest absolute Gasteiger partial charge is 0.0231 e. The summed E-state index contributed by atoms with van der Waals surface area (Å²) in [6.45, 7) is 5.19. The van der Waals surface area contributed by atoms with Crippen molar-refractivity contribution in [2.45, 2.75) is 30.2 Å². The molecule has 0 saturated heterocycles. The van der Waals surface area contributed by atoms with Gasteiger partial charge in [-0.3, -0.25) is 0 Å². The Morgan fingerprint density at radius 2 is 1.68 bits per heavy atom. The van der Waals surface area contributed by atoms with Crippen LogP contribution in [0.3, 0.4) is 0 Å². The first kappa shape index (κ1) is 14.6. The van der Waals surface area contributed by atoms with E-state index in [-0.39, 0.29) is 0 Å².